The standard InChI is InChI=1S/C10H17F3N2/c1-7(2)14-3-8-5-15(10(11,12)13)6-9(8)4-14/h7-9H,3-6H2,1-2H3/t8-,9+. The maximum Gasteiger partial charge on any atom is 0.459 e. The van der Waals surface area contributed by atoms with Gasteiger partial charge >= 0.3 is 6.30 Å². The highest BCUT2D eigenvalue weighted by molar-refractivity contribution is 4.94. The van der Waals surface area contributed by atoms with Gasteiger partial charge in [-0.25, -0.2) is 4.90 Å². The van der Waals surface area contributed by atoms with Crippen molar-refractivity contribution in [1.29, 1.82) is 0 Å². The molecule has 2 rings (SSSR count). The molecule has 2 nitrogen and oxygen atoms in total. The molecule has 0 aliphatic carbocycles. The van der Waals surface area contributed by atoms with Gasteiger partial charge in [0.1, 0.15) is 0 Å². The quantitative estimate of drug-likeness (QED) is 0.624. The van der Waals surface area contributed by atoms with Crippen LogP contribution in [0.4, 0.5) is 13.2 Å². The average molecular weight is 222 g/mol. The summed E-state index contributed by atoms with van der Waals surface area (Å²) in [4.78, 5) is 2.95. The van der Waals surface area contributed by atoms with Crippen molar-refractivity contribution in [3.8, 4) is 0 Å². The smallest absolute Gasteiger partial charge is 0.300 e. The Balaban J connectivity index is 1.94. The van der Waals surface area contributed by atoms with Crippen molar-refractivity contribution in [3.63, 3.8) is 0 Å². The third-order valence-corrected chi connectivity index (χ3v) is 3.60. The monoisotopic (exact) mass is 222 g/mol. The van der Waals surface area contributed by atoms with Crippen LogP contribution in [0.15, 0.2) is 0 Å². The summed E-state index contributed by atoms with van der Waals surface area (Å²) < 4.78 is 37.3. The first kappa shape index (κ1) is 11.2. The van der Waals surface area contributed by atoms with Gasteiger partial charge in [0.2, 0.25) is 0 Å². The Labute approximate surface area is 88.0 Å². The van der Waals surface area contributed by atoms with Gasteiger partial charge in [0.15, 0.2) is 0 Å². The van der Waals surface area contributed by atoms with Gasteiger partial charge in [-0.2, -0.15) is 13.2 Å². The van der Waals surface area contributed by atoms with E-state index in [1.165, 1.54) is 0 Å². The highest BCUT2D eigenvalue weighted by Crippen LogP contribution is 2.37. The molecule has 0 aromatic heterocycles. The average Bonchev–Trinajstić information content (AvgIpc) is 2.55. The number of nitrogens with zero attached hydrogens (tertiary/aromatic N) is 2. The van der Waals surface area contributed by atoms with E-state index < -0.39 is 6.30 Å². The number of hydrogen-bond donors (Lipinski definition) is 0. The van der Waals surface area contributed by atoms with Gasteiger partial charge in [-0.1, -0.05) is 0 Å². The molecule has 0 unspecified atom stereocenters. The molecule has 2 aliphatic rings. The minimum absolute atomic E-state index is 0.192. The summed E-state index contributed by atoms with van der Waals surface area (Å²) in [6.45, 7) is 6.24. The number of fused-ring (bicyclic) bond motifs is 1. The fourth-order valence-corrected chi connectivity index (χ4v) is 2.66. The lowest BCUT2D eigenvalue weighted by Crippen LogP contribution is -2.39. The van der Waals surface area contributed by atoms with Crippen molar-refractivity contribution in [2.75, 3.05) is 26.2 Å². The van der Waals surface area contributed by atoms with Crippen LogP contribution < -0.4 is 0 Å². The predicted octanol–water partition coefficient (Wildman–Crippen LogP) is 1.78. The van der Waals surface area contributed by atoms with Gasteiger partial charge in [0.05, 0.1) is 0 Å². The Hall–Kier alpha value is -0.290. The van der Waals surface area contributed by atoms with E-state index >= 15 is 0 Å². The zero-order chi connectivity index (χ0) is 11.2. The fraction of sp³-hybridized carbons (Fsp3) is 1.00. The van der Waals surface area contributed by atoms with E-state index in [-0.39, 0.29) is 24.9 Å². The highest BCUT2D eigenvalue weighted by Gasteiger charge is 2.49. The number of likely N-dealkylation sites (tertiary alicyclic amines) is 2. The molecule has 0 amide bonds. The van der Waals surface area contributed by atoms with Crippen molar-refractivity contribution in [2.24, 2.45) is 11.8 Å². The Kier molecular flexibility index (Phi) is 2.71. The van der Waals surface area contributed by atoms with E-state index in [1.54, 1.807) is 0 Å². The van der Waals surface area contributed by atoms with Crippen LogP contribution in [0, 0.1) is 11.8 Å². The molecule has 15 heavy (non-hydrogen) atoms. The second kappa shape index (κ2) is 3.63. The van der Waals surface area contributed by atoms with Crippen LogP contribution in [0.1, 0.15) is 13.8 Å². The maximum absolute atomic E-state index is 12.4. The van der Waals surface area contributed by atoms with Crippen LogP contribution in [0.3, 0.4) is 0 Å². The molecule has 2 atom stereocenters. The van der Waals surface area contributed by atoms with Crippen LogP contribution in [0.5, 0.6) is 0 Å². The molecule has 0 spiro atoms. The van der Waals surface area contributed by atoms with E-state index in [9.17, 15) is 13.2 Å². The van der Waals surface area contributed by atoms with E-state index in [0.29, 0.717) is 10.9 Å². The van der Waals surface area contributed by atoms with E-state index in [4.69, 9.17) is 0 Å². The highest BCUT2D eigenvalue weighted by atomic mass is 19.4. The van der Waals surface area contributed by atoms with Crippen LogP contribution in [-0.4, -0.2) is 48.3 Å². The van der Waals surface area contributed by atoms with Gasteiger partial charge in [0, 0.05) is 32.2 Å². The first-order valence-corrected chi connectivity index (χ1v) is 5.43. The first-order valence-electron chi connectivity index (χ1n) is 5.43. The molecule has 0 aromatic rings. The minimum atomic E-state index is -4.13. The van der Waals surface area contributed by atoms with E-state index in [2.05, 4.69) is 18.7 Å². The minimum Gasteiger partial charge on any atom is -0.300 e. The topological polar surface area (TPSA) is 6.48 Å². The van der Waals surface area contributed by atoms with Crippen LogP contribution in [-0.2, 0) is 0 Å². The summed E-state index contributed by atoms with van der Waals surface area (Å²) >= 11 is 0. The molecule has 0 saturated carbocycles. The summed E-state index contributed by atoms with van der Waals surface area (Å²) in [5.41, 5.74) is 0. The van der Waals surface area contributed by atoms with Crippen molar-refractivity contribution >= 4 is 0 Å². The summed E-state index contributed by atoms with van der Waals surface area (Å²) in [6.07, 6.45) is -4.13. The van der Waals surface area contributed by atoms with Crippen molar-refractivity contribution in [1.82, 2.24) is 9.80 Å². The summed E-state index contributed by atoms with van der Waals surface area (Å²) in [5, 5.41) is 0. The van der Waals surface area contributed by atoms with Crippen molar-refractivity contribution < 1.29 is 13.2 Å². The lowest BCUT2D eigenvalue weighted by atomic mass is 10.0. The zero-order valence-corrected chi connectivity index (χ0v) is 9.09. The Morgan fingerprint density at radius 3 is 1.80 bits per heavy atom. The third kappa shape index (κ3) is 2.13. The van der Waals surface area contributed by atoms with Gasteiger partial charge in [0.25, 0.3) is 0 Å². The molecule has 0 N–H and O–H groups in total. The molecule has 2 saturated heterocycles. The molecule has 0 bridgehead atoms. The molecular formula is C10H17F3N2. The second-order valence-corrected chi connectivity index (χ2v) is 4.94. The predicted molar refractivity (Wildman–Crippen MR) is 51.3 cm³/mol. The fourth-order valence-electron chi connectivity index (χ4n) is 2.66. The lowest BCUT2D eigenvalue weighted by Gasteiger charge is -2.25. The van der Waals surface area contributed by atoms with Gasteiger partial charge in [-0.05, 0) is 25.7 Å². The number of rotatable bonds is 1. The summed E-state index contributed by atoms with van der Waals surface area (Å²) in [6, 6.07) is 0.454. The van der Waals surface area contributed by atoms with E-state index in [0.717, 1.165) is 13.1 Å². The van der Waals surface area contributed by atoms with Crippen molar-refractivity contribution in [3.05, 3.63) is 0 Å². The number of halogens is 3. The molecule has 0 aromatic carbocycles. The molecular weight excluding hydrogens is 205 g/mol. The number of hydrogen-bond acceptors (Lipinski definition) is 2. The second-order valence-electron chi connectivity index (χ2n) is 4.94. The molecule has 88 valence electrons. The molecule has 2 aliphatic heterocycles. The molecule has 5 heteroatoms. The largest absolute Gasteiger partial charge is 0.459 e. The van der Waals surface area contributed by atoms with Crippen LogP contribution >= 0.6 is 0 Å². The van der Waals surface area contributed by atoms with E-state index in [1.807, 2.05) is 0 Å². The SMILES string of the molecule is CC(C)N1C[C@@H]2CN(C(F)(F)F)C[C@@H]2C1. The normalized spacial score (nSPS) is 34.0. The third-order valence-electron chi connectivity index (χ3n) is 3.60. The summed E-state index contributed by atoms with van der Waals surface area (Å²) in [5.74, 6) is 0.433. The summed E-state index contributed by atoms with van der Waals surface area (Å²) in [7, 11) is 0. The Bertz CT molecular complexity index is 225. The zero-order valence-electron chi connectivity index (χ0n) is 9.09. The van der Waals surface area contributed by atoms with Gasteiger partial charge < -0.3 is 4.90 Å². The number of alkyl halides is 3. The Morgan fingerprint density at radius 2 is 1.47 bits per heavy atom. The van der Waals surface area contributed by atoms with Crippen molar-refractivity contribution in [2.45, 2.75) is 26.2 Å². The van der Waals surface area contributed by atoms with Crippen LogP contribution in [0.25, 0.3) is 0 Å². The van der Waals surface area contributed by atoms with Gasteiger partial charge in [-0.3, -0.25) is 0 Å². The Morgan fingerprint density at radius 1 is 1.00 bits per heavy atom. The molecule has 2 fully saturated rings. The lowest BCUT2D eigenvalue weighted by molar-refractivity contribution is -0.240. The van der Waals surface area contributed by atoms with Gasteiger partial charge in [-0.15, -0.1) is 0 Å². The molecule has 2 heterocycles. The molecule has 0 radical (unpaired) electrons. The van der Waals surface area contributed by atoms with Crippen LogP contribution in [0.2, 0.25) is 0 Å². The maximum atomic E-state index is 12.4. The first-order chi connectivity index (χ1) is 6.88.